The predicted molar refractivity (Wildman–Crippen MR) is 125 cm³/mol. The van der Waals surface area contributed by atoms with Crippen molar-refractivity contribution in [2.45, 2.75) is 19.9 Å². The molecule has 8 nitrogen and oxygen atoms in total. The molecule has 2 N–H and O–H groups in total. The fourth-order valence-corrected chi connectivity index (χ4v) is 4.06. The Balaban J connectivity index is 1.84. The minimum Gasteiger partial charge on any atom is -0.484 e. The van der Waals surface area contributed by atoms with Crippen LogP contribution in [0.25, 0.3) is 11.0 Å². The van der Waals surface area contributed by atoms with E-state index in [2.05, 4.69) is 0 Å². The number of fused-ring (bicyclic) bond motifs is 2. The summed E-state index contributed by atoms with van der Waals surface area (Å²) in [6, 6.07) is 10.0. The third kappa shape index (κ3) is 4.21. The zero-order valence-electron chi connectivity index (χ0n) is 19.2. The standard InChI is InChI=1S/C25H27N3O5/c1-14-11-18-19(12-15(14)2)33-24-21(23(18)30)22(28(25(24)31)10-9-27(3)4)16-5-7-17(8-6-16)32-13-20(26)29/h5-8,11-12,22H,9-10,13H2,1-4H3,(H2,26,29). The summed E-state index contributed by atoms with van der Waals surface area (Å²) in [7, 11) is 3.85. The second-order valence-electron chi connectivity index (χ2n) is 8.63. The third-order valence-corrected chi connectivity index (χ3v) is 5.95. The predicted octanol–water partition coefficient (Wildman–Crippen LogP) is 2.38. The summed E-state index contributed by atoms with van der Waals surface area (Å²) in [4.78, 5) is 41.6. The second kappa shape index (κ2) is 8.71. The molecule has 3 aromatic rings. The molecule has 2 heterocycles. The number of aryl methyl sites for hydroxylation is 2. The maximum Gasteiger partial charge on any atom is 0.290 e. The molecule has 1 aliphatic rings. The molecule has 0 aliphatic carbocycles. The highest BCUT2D eigenvalue weighted by atomic mass is 16.5. The fourth-order valence-electron chi connectivity index (χ4n) is 4.06. The third-order valence-electron chi connectivity index (χ3n) is 5.95. The van der Waals surface area contributed by atoms with Gasteiger partial charge in [0.25, 0.3) is 11.8 Å². The lowest BCUT2D eigenvalue weighted by Gasteiger charge is -2.26. The summed E-state index contributed by atoms with van der Waals surface area (Å²) in [6.07, 6.45) is 0. The molecule has 1 aromatic heterocycles. The van der Waals surface area contributed by atoms with Crippen molar-refractivity contribution in [2.75, 3.05) is 33.8 Å². The fraction of sp³-hybridized carbons (Fsp3) is 0.320. The monoisotopic (exact) mass is 449 g/mol. The summed E-state index contributed by atoms with van der Waals surface area (Å²) in [5, 5.41) is 0.463. The van der Waals surface area contributed by atoms with Gasteiger partial charge in [0.15, 0.2) is 12.0 Å². The van der Waals surface area contributed by atoms with Gasteiger partial charge in [0, 0.05) is 13.1 Å². The number of hydrogen-bond acceptors (Lipinski definition) is 6. The van der Waals surface area contributed by atoms with Crippen LogP contribution < -0.4 is 15.9 Å². The maximum atomic E-state index is 13.6. The Morgan fingerprint density at radius 3 is 2.42 bits per heavy atom. The van der Waals surface area contributed by atoms with Crippen molar-refractivity contribution >= 4 is 22.8 Å². The van der Waals surface area contributed by atoms with Crippen LogP contribution in [-0.4, -0.2) is 55.4 Å². The van der Waals surface area contributed by atoms with Gasteiger partial charge in [-0.15, -0.1) is 0 Å². The minimum absolute atomic E-state index is 0.0913. The molecule has 2 aromatic carbocycles. The number of hydrogen-bond donors (Lipinski definition) is 1. The molecular weight excluding hydrogens is 422 g/mol. The molecule has 0 spiro atoms. The zero-order valence-corrected chi connectivity index (χ0v) is 19.2. The van der Waals surface area contributed by atoms with Gasteiger partial charge in [-0.1, -0.05) is 12.1 Å². The van der Waals surface area contributed by atoms with E-state index < -0.39 is 11.9 Å². The van der Waals surface area contributed by atoms with Crippen molar-refractivity contribution in [3.05, 3.63) is 74.6 Å². The van der Waals surface area contributed by atoms with E-state index in [-0.39, 0.29) is 23.7 Å². The van der Waals surface area contributed by atoms with Gasteiger partial charge >= 0.3 is 0 Å². The molecule has 0 saturated carbocycles. The Labute approximate surface area is 191 Å². The lowest BCUT2D eigenvalue weighted by atomic mass is 9.97. The molecule has 172 valence electrons. The summed E-state index contributed by atoms with van der Waals surface area (Å²) in [6.45, 7) is 4.71. The molecule has 0 bridgehead atoms. The quantitative estimate of drug-likeness (QED) is 0.594. The first-order chi connectivity index (χ1) is 15.7. The topological polar surface area (TPSA) is 106 Å². The van der Waals surface area contributed by atoms with Crippen LogP contribution in [0.1, 0.15) is 38.9 Å². The smallest absolute Gasteiger partial charge is 0.290 e. The molecule has 1 aliphatic heterocycles. The van der Waals surface area contributed by atoms with E-state index in [1.165, 1.54) is 0 Å². The lowest BCUT2D eigenvalue weighted by Crippen LogP contribution is -2.35. The van der Waals surface area contributed by atoms with Crippen molar-refractivity contribution < 1.29 is 18.7 Å². The largest absolute Gasteiger partial charge is 0.484 e. The number of amides is 2. The summed E-state index contributed by atoms with van der Waals surface area (Å²) in [5.74, 6) is -0.311. The number of carbonyl (C=O) groups excluding carboxylic acids is 2. The van der Waals surface area contributed by atoms with Gasteiger partial charge in [-0.3, -0.25) is 14.4 Å². The number of primary amides is 1. The van der Waals surface area contributed by atoms with Crippen LogP contribution >= 0.6 is 0 Å². The summed E-state index contributed by atoms with van der Waals surface area (Å²) < 4.78 is 11.4. The average molecular weight is 450 g/mol. The molecule has 0 fully saturated rings. The number of likely N-dealkylation sites (N-methyl/N-ethyl adjacent to an activating group) is 1. The van der Waals surface area contributed by atoms with E-state index in [0.717, 1.165) is 16.7 Å². The minimum atomic E-state index is -0.583. The van der Waals surface area contributed by atoms with Gasteiger partial charge in [-0.05, 0) is 68.9 Å². The maximum absolute atomic E-state index is 13.6. The van der Waals surface area contributed by atoms with Crippen LogP contribution in [0.3, 0.4) is 0 Å². The van der Waals surface area contributed by atoms with Gasteiger partial charge < -0.3 is 24.7 Å². The van der Waals surface area contributed by atoms with Crippen molar-refractivity contribution in [3.63, 3.8) is 0 Å². The lowest BCUT2D eigenvalue weighted by molar-refractivity contribution is -0.119. The van der Waals surface area contributed by atoms with Crippen LogP contribution in [0.4, 0.5) is 0 Å². The highest BCUT2D eigenvalue weighted by Gasteiger charge is 2.42. The normalized spacial score (nSPS) is 15.4. The molecule has 4 rings (SSSR count). The first-order valence-corrected chi connectivity index (χ1v) is 10.7. The summed E-state index contributed by atoms with van der Waals surface area (Å²) >= 11 is 0. The van der Waals surface area contributed by atoms with Gasteiger partial charge in [0.05, 0.1) is 17.0 Å². The van der Waals surface area contributed by atoms with Crippen molar-refractivity contribution in [3.8, 4) is 5.75 Å². The van der Waals surface area contributed by atoms with Crippen molar-refractivity contribution in [1.29, 1.82) is 0 Å². The van der Waals surface area contributed by atoms with E-state index >= 15 is 0 Å². The molecule has 1 atom stereocenters. The van der Waals surface area contributed by atoms with E-state index in [9.17, 15) is 14.4 Å². The van der Waals surface area contributed by atoms with Crippen LogP contribution in [0, 0.1) is 13.8 Å². The number of nitrogens with zero attached hydrogens (tertiary/aromatic N) is 2. The van der Waals surface area contributed by atoms with Gasteiger partial charge in [0.1, 0.15) is 11.3 Å². The number of nitrogens with two attached hydrogens (primary N) is 1. The number of benzene rings is 2. The van der Waals surface area contributed by atoms with Gasteiger partial charge in [0.2, 0.25) is 5.76 Å². The SMILES string of the molecule is Cc1cc2oc3c(c(=O)c2cc1C)C(c1ccc(OCC(N)=O)cc1)N(CCN(C)C)C3=O. The molecular formula is C25H27N3O5. The van der Waals surface area contributed by atoms with E-state index in [1.54, 1.807) is 29.2 Å². The summed E-state index contributed by atoms with van der Waals surface area (Å²) in [5.41, 5.74) is 8.43. The van der Waals surface area contributed by atoms with Crippen molar-refractivity contribution in [1.82, 2.24) is 9.80 Å². The van der Waals surface area contributed by atoms with Crippen LogP contribution in [0.2, 0.25) is 0 Å². The first-order valence-electron chi connectivity index (χ1n) is 10.7. The Hall–Kier alpha value is -3.65. The highest BCUT2D eigenvalue weighted by Crippen LogP contribution is 2.38. The van der Waals surface area contributed by atoms with Gasteiger partial charge in [-0.25, -0.2) is 0 Å². The highest BCUT2D eigenvalue weighted by molar-refractivity contribution is 5.99. The number of ether oxygens (including phenoxy) is 1. The first kappa shape index (κ1) is 22.5. The Morgan fingerprint density at radius 2 is 1.79 bits per heavy atom. The van der Waals surface area contributed by atoms with Crippen LogP contribution in [0.15, 0.2) is 45.6 Å². The van der Waals surface area contributed by atoms with Crippen LogP contribution in [0.5, 0.6) is 5.75 Å². The number of rotatable bonds is 7. The Bertz CT molecular complexity index is 1290. The Morgan fingerprint density at radius 1 is 1.12 bits per heavy atom. The van der Waals surface area contributed by atoms with E-state index in [1.807, 2.05) is 45.0 Å². The van der Waals surface area contributed by atoms with E-state index in [0.29, 0.717) is 35.4 Å². The van der Waals surface area contributed by atoms with Gasteiger partial charge in [-0.2, -0.15) is 0 Å². The molecule has 1 unspecified atom stereocenters. The number of carbonyl (C=O) groups is 2. The molecule has 8 heteroatoms. The van der Waals surface area contributed by atoms with Crippen LogP contribution in [-0.2, 0) is 4.79 Å². The Kier molecular flexibility index (Phi) is 5.95. The second-order valence-corrected chi connectivity index (χ2v) is 8.63. The average Bonchev–Trinajstić information content (AvgIpc) is 3.04. The van der Waals surface area contributed by atoms with E-state index in [4.69, 9.17) is 14.9 Å². The molecule has 0 saturated heterocycles. The molecule has 33 heavy (non-hydrogen) atoms. The molecule has 2 amide bonds. The van der Waals surface area contributed by atoms with Crippen molar-refractivity contribution in [2.24, 2.45) is 5.73 Å². The molecule has 0 radical (unpaired) electrons. The zero-order chi connectivity index (χ0) is 23.9.